The van der Waals surface area contributed by atoms with Gasteiger partial charge in [0, 0.05) is 69.6 Å². The lowest BCUT2D eigenvalue weighted by molar-refractivity contribution is -0.0589. The molecular weight excluding hydrogens is 955 g/mol. The molecule has 0 rings (SSSR count). The third-order valence-electron chi connectivity index (χ3n) is 5.54. The van der Waals surface area contributed by atoms with Crippen molar-refractivity contribution in [1.29, 1.82) is 0 Å². The molecular formula is C65H157NO10. The number of hydrogen-bond donors (Lipinski definition) is 0. The SMILES string of the molecule is C=C(C)C.CC(C)C.CC(C)C.CC(C)C.CC(C)C.CCC(C)C.CN(C)C.COC(C)C.COCCC(C)C.COCCC(C)C.COCCC(C)C.COCOC(C)C.COCOC(C)C.COCOC(C)C. The van der Waals surface area contributed by atoms with Crippen LogP contribution in [0.15, 0.2) is 12.2 Å². The van der Waals surface area contributed by atoms with Crippen molar-refractivity contribution in [2.24, 2.45) is 47.3 Å². The van der Waals surface area contributed by atoms with Crippen LogP contribution in [-0.4, -0.2) is 140 Å². The normalized spacial score (nSPS) is 9.66. The predicted octanol–water partition coefficient (Wildman–Crippen LogP) is 19.6. The van der Waals surface area contributed by atoms with Crippen molar-refractivity contribution in [2.45, 2.75) is 265 Å². The van der Waals surface area contributed by atoms with Crippen molar-refractivity contribution in [2.75, 3.05) is 111 Å². The lowest BCUT2D eigenvalue weighted by Crippen LogP contribution is -2.04. The van der Waals surface area contributed by atoms with Gasteiger partial charge in [0.05, 0.1) is 24.4 Å². The Morgan fingerprint density at radius 3 is 0.487 bits per heavy atom. The van der Waals surface area contributed by atoms with Gasteiger partial charge in [0.1, 0.15) is 20.4 Å². The Bertz CT molecular complexity index is 649. The van der Waals surface area contributed by atoms with Gasteiger partial charge >= 0.3 is 0 Å². The Morgan fingerprint density at radius 1 is 0.329 bits per heavy atom. The summed E-state index contributed by atoms with van der Waals surface area (Å²) in [4.78, 5) is 2.00. The van der Waals surface area contributed by atoms with E-state index in [2.05, 4.69) is 166 Å². The summed E-state index contributed by atoms with van der Waals surface area (Å²) < 4.78 is 48.1. The van der Waals surface area contributed by atoms with E-state index in [9.17, 15) is 0 Å². The molecule has 0 radical (unpaired) electrons. The minimum Gasteiger partial charge on any atom is -0.385 e. The zero-order valence-electron chi connectivity index (χ0n) is 60.7. The summed E-state index contributed by atoms with van der Waals surface area (Å²) in [6, 6.07) is 0. The Kier molecular flexibility index (Phi) is 155. The number of nitrogens with zero attached hydrogens (tertiary/aromatic N) is 1. The van der Waals surface area contributed by atoms with Gasteiger partial charge in [-0.05, 0) is 157 Å². The number of methoxy groups -OCH3 is 7. The van der Waals surface area contributed by atoms with E-state index in [1.807, 2.05) is 95.3 Å². The van der Waals surface area contributed by atoms with E-state index >= 15 is 0 Å². The molecule has 0 aliphatic carbocycles. The second kappa shape index (κ2) is 106. The molecule has 0 aromatic carbocycles. The molecule has 0 aliphatic heterocycles. The summed E-state index contributed by atoms with van der Waals surface area (Å²) in [6.07, 6.45) is 6.05. The van der Waals surface area contributed by atoms with Gasteiger partial charge in [-0.15, -0.1) is 6.58 Å². The van der Waals surface area contributed by atoms with Crippen LogP contribution in [-0.2, 0) is 47.4 Å². The summed E-state index contributed by atoms with van der Waals surface area (Å²) in [6.45, 7) is 73.0. The summed E-state index contributed by atoms with van der Waals surface area (Å²) in [5.41, 5.74) is 1.17. The first kappa shape index (κ1) is 111. The van der Waals surface area contributed by atoms with Gasteiger partial charge in [-0.1, -0.05) is 157 Å². The Labute approximate surface area is 485 Å². The van der Waals surface area contributed by atoms with Gasteiger partial charge in [0.2, 0.25) is 0 Å². The number of rotatable bonds is 20. The number of ether oxygens (including phenoxy) is 10. The van der Waals surface area contributed by atoms with Gasteiger partial charge in [0.25, 0.3) is 0 Å². The highest BCUT2D eigenvalue weighted by atomic mass is 16.7. The van der Waals surface area contributed by atoms with Gasteiger partial charge in [-0.2, -0.15) is 0 Å². The number of allylic oxidation sites excluding steroid dienone is 1. The van der Waals surface area contributed by atoms with E-state index in [1.54, 1.807) is 49.8 Å². The van der Waals surface area contributed by atoms with Crippen LogP contribution >= 0.6 is 0 Å². The molecule has 0 saturated carbocycles. The molecule has 0 atom stereocenters. The molecule has 0 amide bonds. The first-order chi connectivity index (χ1) is 34.6. The molecule has 0 aromatic heterocycles. The second-order valence-corrected chi connectivity index (χ2v) is 24.0. The topological polar surface area (TPSA) is 95.5 Å². The van der Waals surface area contributed by atoms with Crippen molar-refractivity contribution in [1.82, 2.24) is 4.90 Å². The average Bonchev–Trinajstić information content (AvgIpc) is 3.25. The summed E-state index contributed by atoms with van der Waals surface area (Å²) >= 11 is 0. The molecule has 0 aliphatic rings. The average molecular weight is 1110 g/mol. The summed E-state index contributed by atoms with van der Waals surface area (Å²) in [5, 5.41) is 0. The fourth-order valence-electron chi connectivity index (χ4n) is 1.67. The number of hydrogen-bond acceptors (Lipinski definition) is 11. The van der Waals surface area contributed by atoms with Crippen LogP contribution < -0.4 is 0 Å². The van der Waals surface area contributed by atoms with Crippen LogP contribution in [0.25, 0.3) is 0 Å². The molecule has 0 unspecified atom stereocenters. The first-order valence-electron chi connectivity index (χ1n) is 29.1. The smallest absolute Gasteiger partial charge is 0.146 e. The molecule has 0 N–H and O–H groups in total. The van der Waals surface area contributed by atoms with E-state index in [1.165, 1.54) is 31.3 Å². The van der Waals surface area contributed by atoms with Gasteiger partial charge in [-0.25, -0.2) is 0 Å². The molecule has 0 aromatic rings. The molecule has 11 heteroatoms. The van der Waals surface area contributed by atoms with E-state index < -0.39 is 0 Å². The van der Waals surface area contributed by atoms with Crippen molar-refractivity contribution < 1.29 is 47.4 Å². The van der Waals surface area contributed by atoms with Crippen molar-refractivity contribution in [3.8, 4) is 0 Å². The fourth-order valence-corrected chi connectivity index (χ4v) is 1.67. The Morgan fingerprint density at radius 2 is 0.461 bits per heavy atom. The minimum absolute atomic E-state index is 0.278. The maximum absolute atomic E-state index is 4.97. The monoisotopic (exact) mass is 1110 g/mol. The van der Waals surface area contributed by atoms with E-state index in [0.717, 1.165) is 67.2 Å². The Hall–Kier alpha value is -0.700. The zero-order chi connectivity index (χ0) is 64.2. The van der Waals surface area contributed by atoms with E-state index in [4.69, 9.17) is 33.2 Å². The summed E-state index contributed by atoms with van der Waals surface area (Å²) in [7, 11) is 17.8. The lowest BCUT2D eigenvalue weighted by atomic mass is 10.1. The van der Waals surface area contributed by atoms with Crippen LogP contribution in [0.3, 0.4) is 0 Å². The Balaban J connectivity index is -0.0000000457. The molecule has 76 heavy (non-hydrogen) atoms. The van der Waals surface area contributed by atoms with Crippen molar-refractivity contribution in [3.05, 3.63) is 12.2 Å². The maximum atomic E-state index is 4.97. The fraction of sp³-hybridized carbons (Fsp3) is 0.969. The second-order valence-electron chi connectivity index (χ2n) is 24.0. The molecule has 0 fully saturated rings. The van der Waals surface area contributed by atoms with Crippen molar-refractivity contribution >= 4 is 0 Å². The van der Waals surface area contributed by atoms with Crippen LogP contribution in [0, 0.1) is 47.3 Å². The summed E-state index contributed by atoms with van der Waals surface area (Å²) in [5.74, 6) is 6.55. The molecule has 0 spiro atoms. The molecule has 0 heterocycles. The third-order valence-corrected chi connectivity index (χ3v) is 5.54. The van der Waals surface area contributed by atoms with Crippen LogP contribution in [0.4, 0.5) is 0 Å². The largest absolute Gasteiger partial charge is 0.385 e. The van der Waals surface area contributed by atoms with Crippen molar-refractivity contribution in [3.63, 3.8) is 0 Å². The van der Waals surface area contributed by atoms with E-state index in [0.29, 0.717) is 26.5 Å². The molecule has 11 nitrogen and oxygen atoms in total. The predicted molar refractivity (Wildman–Crippen MR) is 348 cm³/mol. The maximum Gasteiger partial charge on any atom is 0.146 e. The van der Waals surface area contributed by atoms with Gasteiger partial charge in [0.15, 0.2) is 0 Å². The highest BCUT2D eigenvalue weighted by Crippen LogP contribution is 1.98. The molecule has 0 saturated heterocycles. The third kappa shape index (κ3) is 514. The zero-order valence-corrected chi connectivity index (χ0v) is 60.7. The highest BCUT2D eigenvalue weighted by molar-refractivity contribution is 4.78. The molecule has 0 bridgehead atoms. The standard InChI is InChI=1S/3C6H14O.3C5H12O2.C5H12.C4H10O.4C4H10.C4H8.C3H9N/c3*1-6(2)4-5-7-3;3*1-5(2)7-4-6-3;1-4-5(2)3;1-4(2)5-3;6*1-4(2)3/h3*6H,4-5H2,1-3H3;3*5H,4H2,1-3H3;5H,4H2,1-3H3;4H,1-3H3;4*4H,1-3H3;1H2,2-3H3;1-3H3. The lowest BCUT2D eigenvalue weighted by Gasteiger charge is -2.03. The van der Waals surface area contributed by atoms with Gasteiger partial charge in [-0.3, -0.25) is 0 Å². The van der Waals surface area contributed by atoms with Crippen LogP contribution in [0.5, 0.6) is 0 Å². The highest BCUT2D eigenvalue weighted by Gasteiger charge is 1.91. The van der Waals surface area contributed by atoms with Crippen LogP contribution in [0.2, 0.25) is 0 Å². The minimum atomic E-state index is 0.278. The molecule has 482 valence electrons. The van der Waals surface area contributed by atoms with Gasteiger partial charge < -0.3 is 52.3 Å². The van der Waals surface area contributed by atoms with E-state index in [-0.39, 0.29) is 18.3 Å². The van der Waals surface area contributed by atoms with Crippen LogP contribution in [0.1, 0.15) is 240 Å². The first-order valence-corrected chi connectivity index (χ1v) is 29.1. The quantitative estimate of drug-likeness (QED) is 0.0861.